The summed E-state index contributed by atoms with van der Waals surface area (Å²) in [6.45, 7) is 5.90. The Kier molecular flexibility index (Phi) is 5.62. The lowest BCUT2D eigenvalue weighted by molar-refractivity contribution is -0.187. The number of likely N-dealkylation sites (tertiary alicyclic amines) is 1. The third-order valence-electron chi connectivity index (χ3n) is 6.60. The van der Waals surface area contributed by atoms with Gasteiger partial charge in [0.1, 0.15) is 5.82 Å². The van der Waals surface area contributed by atoms with Crippen molar-refractivity contribution in [3.8, 4) is 5.82 Å². The second-order valence-corrected chi connectivity index (χ2v) is 8.95. The van der Waals surface area contributed by atoms with Crippen LogP contribution in [0.2, 0.25) is 0 Å². The van der Waals surface area contributed by atoms with Crippen LogP contribution in [-0.2, 0) is 11.3 Å². The molecule has 4 heterocycles. The molecular weight excluding hydrogens is 431 g/mol. The fourth-order valence-electron chi connectivity index (χ4n) is 4.72. The molecule has 6 nitrogen and oxygen atoms in total. The number of carbonyl (C=O) groups excluding carboxylic acids is 1. The molecule has 3 aromatic rings. The van der Waals surface area contributed by atoms with Crippen LogP contribution in [0.25, 0.3) is 16.7 Å². The largest absolute Gasteiger partial charge is 0.471 e. The molecule has 0 unspecified atom stereocenters. The molecule has 2 aliphatic heterocycles. The SMILES string of the molecule is Cc1ccc(-n2ccc3cc(CN4CC(N5CCN(C(=O)C(F)(F)F)CC5)C4)ccc32)nc1. The van der Waals surface area contributed by atoms with Crippen LogP contribution in [0.3, 0.4) is 0 Å². The molecule has 0 spiro atoms. The molecule has 174 valence electrons. The van der Waals surface area contributed by atoms with Crippen molar-refractivity contribution in [3.05, 3.63) is 59.9 Å². The predicted molar refractivity (Wildman–Crippen MR) is 119 cm³/mol. The number of aromatic nitrogens is 2. The first-order valence-corrected chi connectivity index (χ1v) is 11.1. The lowest BCUT2D eigenvalue weighted by atomic mass is 10.0. The number of piperazine rings is 1. The first-order valence-electron chi connectivity index (χ1n) is 11.1. The number of alkyl halides is 3. The lowest BCUT2D eigenvalue weighted by Gasteiger charge is -2.48. The summed E-state index contributed by atoms with van der Waals surface area (Å²) in [6.07, 6.45) is -0.882. The highest BCUT2D eigenvalue weighted by molar-refractivity contribution is 5.82. The summed E-state index contributed by atoms with van der Waals surface area (Å²) in [5.74, 6) is -0.828. The van der Waals surface area contributed by atoms with Crippen LogP contribution in [0, 0.1) is 6.92 Å². The summed E-state index contributed by atoms with van der Waals surface area (Å²) in [7, 11) is 0. The number of amides is 1. The number of hydrogen-bond donors (Lipinski definition) is 0. The van der Waals surface area contributed by atoms with Gasteiger partial charge in [-0.3, -0.25) is 14.6 Å². The number of benzene rings is 1. The van der Waals surface area contributed by atoms with Crippen LogP contribution in [-0.4, -0.2) is 81.6 Å². The molecule has 2 saturated heterocycles. The summed E-state index contributed by atoms with van der Waals surface area (Å²) >= 11 is 0. The van der Waals surface area contributed by atoms with E-state index < -0.39 is 12.1 Å². The molecule has 1 amide bonds. The normalized spacial score (nSPS) is 18.6. The average Bonchev–Trinajstić information content (AvgIpc) is 3.19. The molecule has 0 atom stereocenters. The Morgan fingerprint density at radius 2 is 1.82 bits per heavy atom. The van der Waals surface area contributed by atoms with Crippen LogP contribution in [0.1, 0.15) is 11.1 Å². The monoisotopic (exact) mass is 457 g/mol. The van der Waals surface area contributed by atoms with Gasteiger partial charge in [0, 0.05) is 69.6 Å². The van der Waals surface area contributed by atoms with Crippen molar-refractivity contribution in [2.24, 2.45) is 0 Å². The van der Waals surface area contributed by atoms with E-state index in [2.05, 4.69) is 49.7 Å². The van der Waals surface area contributed by atoms with Crippen molar-refractivity contribution in [1.82, 2.24) is 24.3 Å². The first kappa shape index (κ1) is 21.9. The van der Waals surface area contributed by atoms with Crippen molar-refractivity contribution in [2.45, 2.75) is 25.7 Å². The van der Waals surface area contributed by atoms with Gasteiger partial charge in [-0.1, -0.05) is 12.1 Å². The number of halogens is 3. The van der Waals surface area contributed by atoms with E-state index in [1.54, 1.807) is 0 Å². The summed E-state index contributed by atoms with van der Waals surface area (Å²) < 4.78 is 39.9. The molecule has 0 aliphatic carbocycles. The van der Waals surface area contributed by atoms with Crippen molar-refractivity contribution in [3.63, 3.8) is 0 Å². The Balaban J connectivity index is 1.15. The molecule has 33 heavy (non-hydrogen) atoms. The van der Waals surface area contributed by atoms with E-state index >= 15 is 0 Å². The molecule has 0 radical (unpaired) electrons. The van der Waals surface area contributed by atoms with E-state index in [1.165, 1.54) is 5.56 Å². The van der Waals surface area contributed by atoms with E-state index in [9.17, 15) is 18.0 Å². The van der Waals surface area contributed by atoms with E-state index in [1.807, 2.05) is 25.4 Å². The highest BCUT2D eigenvalue weighted by Crippen LogP contribution is 2.25. The molecule has 9 heteroatoms. The number of rotatable bonds is 4. The van der Waals surface area contributed by atoms with Gasteiger partial charge in [0.15, 0.2) is 0 Å². The average molecular weight is 458 g/mol. The number of fused-ring (bicyclic) bond motifs is 1. The lowest BCUT2D eigenvalue weighted by Crippen LogP contribution is -2.63. The van der Waals surface area contributed by atoms with Gasteiger partial charge in [-0.15, -0.1) is 0 Å². The zero-order valence-corrected chi connectivity index (χ0v) is 18.4. The molecule has 0 saturated carbocycles. The Morgan fingerprint density at radius 1 is 1.06 bits per heavy atom. The number of pyridine rings is 1. The smallest absolute Gasteiger partial charge is 0.332 e. The van der Waals surface area contributed by atoms with Gasteiger partial charge in [-0.25, -0.2) is 4.98 Å². The van der Waals surface area contributed by atoms with E-state index in [-0.39, 0.29) is 13.1 Å². The zero-order valence-electron chi connectivity index (χ0n) is 18.4. The minimum Gasteiger partial charge on any atom is -0.332 e. The van der Waals surface area contributed by atoms with Crippen molar-refractivity contribution < 1.29 is 18.0 Å². The van der Waals surface area contributed by atoms with E-state index in [0.717, 1.165) is 46.8 Å². The van der Waals surface area contributed by atoms with E-state index in [0.29, 0.717) is 19.1 Å². The Bertz CT molecular complexity index is 1140. The Labute approximate surface area is 190 Å². The van der Waals surface area contributed by atoms with Crippen molar-refractivity contribution in [1.29, 1.82) is 0 Å². The van der Waals surface area contributed by atoms with Gasteiger partial charge in [-0.05, 0) is 42.3 Å². The third kappa shape index (κ3) is 4.47. The predicted octanol–water partition coefficient (Wildman–Crippen LogP) is 3.22. The van der Waals surface area contributed by atoms with Crippen LogP contribution >= 0.6 is 0 Å². The maximum Gasteiger partial charge on any atom is 0.471 e. The number of hydrogen-bond acceptors (Lipinski definition) is 4. The standard InChI is InChI=1S/C24H26F3N5O/c1-17-2-5-22(28-13-17)32-7-6-19-12-18(3-4-21(19)32)14-29-15-20(16-29)30-8-10-31(11-9-30)23(33)24(25,26)27/h2-7,12-13,20H,8-11,14-16H2,1H3. The molecule has 2 fully saturated rings. The number of nitrogens with zero attached hydrogens (tertiary/aromatic N) is 5. The quantitative estimate of drug-likeness (QED) is 0.604. The van der Waals surface area contributed by atoms with Crippen LogP contribution in [0.5, 0.6) is 0 Å². The fourth-order valence-corrected chi connectivity index (χ4v) is 4.72. The molecule has 0 bridgehead atoms. The van der Waals surface area contributed by atoms with E-state index in [4.69, 9.17) is 0 Å². The number of carbonyl (C=O) groups is 1. The van der Waals surface area contributed by atoms with Gasteiger partial charge in [-0.2, -0.15) is 13.2 Å². The first-order chi connectivity index (χ1) is 15.8. The van der Waals surface area contributed by atoms with Gasteiger partial charge < -0.3 is 9.47 Å². The summed E-state index contributed by atoms with van der Waals surface area (Å²) in [4.78, 5) is 21.4. The second kappa shape index (κ2) is 8.46. The van der Waals surface area contributed by atoms with Crippen LogP contribution in [0.4, 0.5) is 13.2 Å². The highest BCUT2D eigenvalue weighted by Gasteiger charge is 2.44. The summed E-state index contributed by atoms with van der Waals surface area (Å²) in [6, 6.07) is 13.0. The molecule has 2 aromatic heterocycles. The minimum absolute atomic E-state index is 0.137. The number of aryl methyl sites for hydroxylation is 1. The third-order valence-corrected chi connectivity index (χ3v) is 6.60. The fraction of sp³-hybridized carbons (Fsp3) is 0.417. The molecule has 2 aliphatic rings. The maximum atomic E-state index is 12.6. The van der Waals surface area contributed by atoms with Gasteiger partial charge in [0.2, 0.25) is 0 Å². The van der Waals surface area contributed by atoms with Crippen molar-refractivity contribution in [2.75, 3.05) is 39.3 Å². The topological polar surface area (TPSA) is 44.6 Å². The maximum absolute atomic E-state index is 12.6. The molecule has 5 rings (SSSR count). The highest BCUT2D eigenvalue weighted by atomic mass is 19.4. The molecule has 0 N–H and O–H groups in total. The van der Waals surface area contributed by atoms with Crippen molar-refractivity contribution >= 4 is 16.8 Å². The summed E-state index contributed by atoms with van der Waals surface area (Å²) in [5, 5.41) is 1.16. The Hall–Kier alpha value is -2.91. The zero-order chi connectivity index (χ0) is 23.2. The van der Waals surface area contributed by atoms with Gasteiger partial charge >= 0.3 is 12.1 Å². The molecule has 1 aromatic carbocycles. The van der Waals surface area contributed by atoms with Gasteiger partial charge in [0.25, 0.3) is 0 Å². The second-order valence-electron chi connectivity index (χ2n) is 8.95. The van der Waals surface area contributed by atoms with Crippen LogP contribution in [0.15, 0.2) is 48.8 Å². The Morgan fingerprint density at radius 3 is 2.48 bits per heavy atom. The van der Waals surface area contributed by atoms with Gasteiger partial charge in [0.05, 0.1) is 5.52 Å². The molecular formula is C24H26F3N5O. The minimum atomic E-state index is -4.78. The summed E-state index contributed by atoms with van der Waals surface area (Å²) in [5.41, 5.74) is 3.47. The van der Waals surface area contributed by atoms with Crippen LogP contribution < -0.4 is 0 Å².